The Labute approximate surface area is 160 Å². The highest BCUT2D eigenvalue weighted by Gasteiger charge is 2.19. The van der Waals surface area contributed by atoms with Crippen molar-refractivity contribution in [3.63, 3.8) is 0 Å². The van der Waals surface area contributed by atoms with Crippen molar-refractivity contribution in [1.82, 2.24) is 23.6 Å². The van der Waals surface area contributed by atoms with Crippen LogP contribution in [-0.2, 0) is 4.18 Å². The molecule has 0 atom stereocenters. The normalized spacial score (nSPS) is 11.5. The molecule has 0 fully saturated rings. The van der Waals surface area contributed by atoms with Crippen LogP contribution in [0.15, 0.2) is 46.1 Å². The Morgan fingerprint density at radius 1 is 1.31 bits per heavy atom. The van der Waals surface area contributed by atoms with Crippen LogP contribution in [0.5, 0.6) is 5.88 Å². The number of hydrogen-bond donors (Lipinski definition) is 0. The molecule has 4 aromatic rings. The maximum absolute atomic E-state index is 12.9. The van der Waals surface area contributed by atoms with Gasteiger partial charge in [0.15, 0.2) is 0 Å². The van der Waals surface area contributed by atoms with Crippen LogP contribution in [0, 0.1) is 6.92 Å². The minimum absolute atomic E-state index is 0.234. The molecule has 0 amide bonds. The summed E-state index contributed by atoms with van der Waals surface area (Å²) < 4.78 is 16.5. The third-order valence-corrected chi connectivity index (χ3v) is 4.71. The molecule has 0 radical (unpaired) electrons. The van der Waals surface area contributed by atoms with E-state index in [2.05, 4.69) is 26.0 Å². The number of aryl methyl sites for hydroxylation is 1. The molecule has 10 heteroatoms. The molecule has 0 unspecified atom stereocenters. The molecule has 0 saturated heterocycles. The lowest BCUT2D eigenvalue weighted by Crippen LogP contribution is -2.20. The minimum Gasteiger partial charge on any atom is -0.377 e. The quantitative estimate of drug-likeness (QED) is 0.354. The fourth-order valence-electron chi connectivity index (χ4n) is 2.60. The molecule has 0 aliphatic heterocycles. The van der Waals surface area contributed by atoms with E-state index < -0.39 is 0 Å². The monoisotopic (exact) mass is 435 g/mol. The third kappa shape index (κ3) is 2.89. The first-order valence-electron chi connectivity index (χ1n) is 7.80. The molecule has 4 heterocycles. The van der Waals surface area contributed by atoms with Gasteiger partial charge in [-0.05, 0) is 48.0 Å². The summed E-state index contributed by atoms with van der Waals surface area (Å²) in [5, 5.41) is 4.26. The summed E-state index contributed by atoms with van der Waals surface area (Å²) in [6, 6.07) is 5.44. The van der Waals surface area contributed by atoms with Crippen LogP contribution in [-0.4, -0.2) is 30.2 Å². The predicted molar refractivity (Wildman–Crippen MR) is 102 cm³/mol. The van der Waals surface area contributed by atoms with Crippen molar-refractivity contribution in [3.8, 4) is 11.7 Å². The van der Waals surface area contributed by atoms with Gasteiger partial charge in [-0.15, -0.1) is 0 Å². The molecule has 0 bridgehead atoms. The van der Waals surface area contributed by atoms with Crippen LogP contribution in [0.2, 0.25) is 0 Å². The number of pyridine rings is 1. The molecule has 0 spiro atoms. The van der Waals surface area contributed by atoms with Gasteiger partial charge < -0.3 is 4.18 Å². The molecule has 26 heavy (non-hydrogen) atoms. The van der Waals surface area contributed by atoms with Gasteiger partial charge >= 0.3 is 0 Å². The van der Waals surface area contributed by atoms with Gasteiger partial charge in [0.25, 0.3) is 11.4 Å². The first-order valence-corrected chi connectivity index (χ1v) is 9.26. The Morgan fingerprint density at radius 3 is 2.96 bits per heavy atom. The zero-order chi connectivity index (χ0) is 18.3. The second-order valence-electron chi connectivity index (χ2n) is 5.46. The summed E-state index contributed by atoms with van der Waals surface area (Å²) in [6.45, 7) is 4.19. The summed E-state index contributed by atoms with van der Waals surface area (Å²) in [4.78, 5) is 17.5. The molecule has 4 rings (SSSR count). The highest BCUT2D eigenvalue weighted by Crippen LogP contribution is 2.28. The van der Waals surface area contributed by atoms with E-state index in [1.807, 2.05) is 32.2 Å². The molecular formula is C16H14BrN5O3S. The Kier molecular flexibility index (Phi) is 4.47. The molecule has 0 N–H and O–H groups in total. The summed E-state index contributed by atoms with van der Waals surface area (Å²) >= 11 is 4.29. The SMILES string of the molecule is CCOSOc1c(-n2ccn3nc(C)cc3c2=O)nc2ccc(Br)cn12. The standard InChI is InChI=1S/C16H14BrN5O3S/c1-3-24-26-25-16-14(18-13-5-4-11(17)9-21(13)16)20-6-7-22-12(15(20)23)8-10(2)19-22/h4-9H,3H2,1-2H3. The molecule has 0 aliphatic rings. The molecule has 4 aromatic heterocycles. The average molecular weight is 436 g/mol. The first-order chi connectivity index (χ1) is 12.6. The molecule has 0 aromatic carbocycles. The van der Waals surface area contributed by atoms with Crippen LogP contribution >= 0.6 is 28.3 Å². The maximum atomic E-state index is 12.9. The zero-order valence-electron chi connectivity index (χ0n) is 13.9. The minimum atomic E-state index is -0.234. The van der Waals surface area contributed by atoms with Gasteiger partial charge in [-0.25, -0.2) is 9.50 Å². The second-order valence-corrected chi connectivity index (χ2v) is 6.92. The number of halogens is 1. The number of imidazole rings is 1. The summed E-state index contributed by atoms with van der Waals surface area (Å²) in [5.41, 5.74) is 1.64. The van der Waals surface area contributed by atoms with E-state index >= 15 is 0 Å². The topological polar surface area (TPSA) is 75.1 Å². The van der Waals surface area contributed by atoms with Crippen LogP contribution in [0.1, 0.15) is 12.6 Å². The Bertz CT molecular complexity index is 1170. The van der Waals surface area contributed by atoms with Crippen molar-refractivity contribution in [1.29, 1.82) is 0 Å². The highest BCUT2D eigenvalue weighted by molar-refractivity contribution is 9.10. The number of hydrogen-bond acceptors (Lipinski definition) is 6. The number of rotatable bonds is 5. The Hall–Kier alpha value is -2.30. The van der Waals surface area contributed by atoms with E-state index in [0.717, 1.165) is 22.5 Å². The molecule has 0 saturated carbocycles. The molecule has 134 valence electrons. The van der Waals surface area contributed by atoms with E-state index in [-0.39, 0.29) is 5.56 Å². The second kappa shape index (κ2) is 6.78. The van der Waals surface area contributed by atoms with Crippen molar-refractivity contribution in [2.45, 2.75) is 13.8 Å². The molecule has 8 nitrogen and oxygen atoms in total. The lowest BCUT2D eigenvalue weighted by atomic mass is 10.4. The van der Waals surface area contributed by atoms with Gasteiger partial charge in [-0.1, -0.05) is 0 Å². The van der Waals surface area contributed by atoms with Gasteiger partial charge in [-0.3, -0.25) is 17.9 Å². The predicted octanol–water partition coefficient (Wildman–Crippen LogP) is 3.18. The molecule has 0 aliphatic carbocycles. The number of fused-ring (bicyclic) bond motifs is 2. The smallest absolute Gasteiger partial charge is 0.282 e. The largest absolute Gasteiger partial charge is 0.377 e. The van der Waals surface area contributed by atoms with Crippen molar-refractivity contribution >= 4 is 39.4 Å². The van der Waals surface area contributed by atoms with Gasteiger partial charge in [0.05, 0.1) is 12.3 Å². The van der Waals surface area contributed by atoms with E-state index in [1.165, 1.54) is 4.57 Å². The van der Waals surface area contributed by atoms with Crippen LogP contribution < -0.4 is 9.74 Å². The van der Waals surface area contributed by atoms with E-state index in [4.69, 9.17) is 8.37 Å². The number of aromatic nitrogens is 5. The zero-order valence-corrected chi connectivity index (χ0v) is 16.3. The Balaban J connectivity index is 1.94. The average Bonchev–Trinajstić information content (AvgIpc) is 3.16. The highest BCUT2D eigenvalue weighted by atomic mass is 79.9. The lowest BCUT2D eigenvalue weighted by molar-refractivity contribution is 0.366. The summed E-state index contributed by atoms with van der Waals surface area (Å²) in [7, 11) is 0. The fourth-order valence-corrected chi connectivity index (χ4v) is 3.30. The van der Waals surface area contributed by atoms with Gasteiger partial charge in [0, 0.05) is 23.1 Å². The van der Waals surface area contributed by atoms with Crippen molar-refractivity contribution in [3.05, 3.63) is 57.3 Å². The van der Waals surface area contributed by atoms with Crippen LogP contribution in [0.4, 0.5) is 0 Å². The van der Waals surface area contributed by atoms with Gasteiger partial charge in [-0.2, -0.15) is 5.10 Å². The number of nitrogens with zero attached hydrogens (tertiary/aromatic N) is 5. The van der Waals surface area contributed by atoms with E-state index in [1.54, 1.807) is 27.4 Å². The third-order valence-electron chi connectivity index (χ3n) is 3.68. The summed E-state index contributed by atoms with van der Waals surface area (Å²) in [6.07, 6.45) is 5.15. The van der Waals surface area contributed by atoms with Gasteiger partial charge in [0.1, 0.15) is 11.2 Å². The van der Waals surface area contributed by atoms with Crippen LogP contribution in [0.3, 0.4) is 0 Å². The van der Waals surface area contributed by atoms with Crippen molar-refractivity contribution in [2.24, 2.45) is 0 Å². The first kappa shape index (κ1) is 17.1. The van der Waals surface area contributed by atoms with Crippen LogP contribution in [0.25, 0.3) is 17.0 Å². The lowest BCUT2D eigenvalue weighted by Gasteiger charge is -2.07. The Morgan fingerprint density at radius 2 is 2.15 bits per heavy atom. The van der Waals surface area contributed by atoms with Crippen molar-refractivity contribution < 1.29 is 8.37 Å². The maximum Gasteiger partial charge on any atom is 0.282 e. The van der Waals surface area contributed by atoms with E-state index in [0.29, 0.717) is 29.5 Å². The molecular weight excluding hydrogens is 422 g/mol. The van der Waals surface area contributed by atoms with Gasteiger partial charge in [0.2, 0.25) is 18.1 Å². The summed E-state index contributed by atoms with van der Waals surface area (Å²) in [5.74, 6) is 0.768. The fraction of sp³-hybridized carbons (Fsp3) is 0.188. The van der Waals surface area contributed by atoms with Crippen molar-refractivity contribution in [2.75, 3.05) is 6.61 Å². The van der Waals surface area contributed by atoms with E-state index in [9.17, 15) is 4.79 Å².